The third-order valence-corrected chi connectivity index (χ3v) is 2.03. The molecule has 0 spiro atoms. The predicted molar refractivity (Wildman–Crippen MR) is 44.9 cm³/mol. The highest BCUT2D eigenvalue weighted by Gasteiger charge is 2.32. The molecular weight excluding hydrogens is 172 g/mol. The number of hydroxylamine groups is 1. The monoisotopic (exact) mass is 184 g/mol. The fourth-order valence-corrected chi connectivity index (χ4v) is 1.39. The number of nitrogens with one attached hydrogen (secondary N) is 2. The van der Waals surface area contributed by atoms with Gasteiger partial charge in [0.05, 0.1) is 11.7 Å². The topological polar surface area (TPSA) is 78.4 Å². The lowest BCUT2D eigenvalue weighted by molar-refractivity contribution is -0.121. The number of hydrogen-bond donors (Lipinski definition) is 3. The fraction of sp³-hybridized carbons (Fsp3) is 0.500. The molecule has 0 aromatic heterocycles. The zero-order valence-electron chi connectivity index (χ0n) is 7.55. The zero-order chi connectivity index (χ0) is 10.0. The summed E-state index contributed by atoms with van der Waals surface area (Å²) in [6.45, 7) is 3.15. The van der Waals surface area contributed by atoms with Gasteiger partial charge in [0, 0.05) is 0 Å². The lowest BCUT2D eigenvalue weighted by Crippen LogP contribution is -2.31. The molecule has 1 heterocycles. The van der Waals surface area contributed by atoms with E-state index in [1.807, 2.05) is 12.4 Å². The van der Waals surface area contributed by atoms with Crippen LogP contribution in [0.3, 0.4) is 0 Å². The number of Topliss-reactive ketones (excluding diaryl/α,β-unsaturated/α-hetero) is 1. The number of rotatable bonds is 3. The summed E-state index contributed by atoms with van der Waals surface area (Å²) in [5.41, 5.74) is 2.20. The minimum Gasteiger partial charge on any atom is -0.343 e. The Bertz CT molecular complexity index is 283. The maximum absolute atomic E-state index is 11.2. The zero-order valence-corrected chi connectivity index (χ0v) is 7.55. The first-order valence-corrected chi connectivity index (χ1v) is 4.07. The molecule has 0 saturated carbocycles. The van der Waals surface area contributed by atoms with Gasteiger partial charge < -0.3 is 5.32 Å². The van der Waals surface area contributed by atoms with E-state index in [4.69, 9.17) is 5.21 Å². The number of carbonyl (C=O) groups excluding carboxylic acids is 2. The smallest absolute Gasteiger partial charge is 0.257 e. The molecule has 1 amide bonds. The molecule has 3 N–H and O–H groups in total. The summed E-state index contributed by atoms with van der Waals surface area (Å²) in [7, 11) is 0. The van der Waals surface area contributed by atoms with Crippen molar-refractivity contribution < 1.29 is 14.8 Å². The van der Waals surface area contributed by atoms with Crippen molar-refractivity contribution in [2.75, 3.05) is 0 Å². The van der Waals surface area contributed by atoms with E-state index in [-0.39, 0.29) is 23.1 Å². The Morgan fingerprint density at radius 2 is 2.31 bits per heavy atom. The molecule has 13 heavy (non-hydrogen) atoms. The quantitative estimate of drug-likeness (QED) is 0.416. The first-order valence-electron chi connectivity index (χ1n) is 4.07. The first kappa shape index (κ1) is 9.73. The van der Waals surface area contributed by atoms with Crippen molar-refractivity contribution in [3.8, 4) is 0 Å². The van der Waals surface area contributed by atoms with E-state index in [0.717, 1.165) is 0 Å². The second-order valence-corrected chi connectivity index (χ2v) is 2.89. The van der Waals surface area contributed by atoms with Crippen molar-refractivity contribution in [3.63, 3.8) is 0 Å². The third kappa shape index (κ3) is 1.55. The van der Waals surface area contributed by atoms with Crippen LogP contribution < -0.4 is 10.8 Å². The molecule has 0 saturated heterocycles. The molecule has 1 atom stereocenters. The summed E-state index contributed by atoms with van der Waals surface area (Å²) in [6, 6.07) is -0.281. The SMILES string of the molecule is CCC1NC(=O)C(C(C)=O)=C1NO. The van der Waals surface area contributed by atoms with Crippen LogP contribution in [-0.4, -0.2) is 22.9 Å². The van der Waals surface area contributed by atoms with Gasteiger partial charge in [0.2, 0.25) is 0 Å². The molecule has 0 fully saturated rings. The van der Waals surface area contributed by atoms with Gasteiger partial charge >= 0.3 is 0 Å². The molecule has 0 radical (unpaired) electrons. The predicted octanol–water partition coefficient (Wildman–Crippen LogP) is -0.283. The lowest BCUT2D eigenvalue weighted by Gasteiger charge is -2.10. The summed E-state index contributed by atoms with van der Waals surface area (Å²) < 4.78 is 0. The van der Waals surface area contributed by atoms with E-state index in [1.165, 1.54) is 6.92 Å². The second kappa shape index (κ2) is 3.57. The Balaban J connectivity index is 3.07. The largest absolute Gasteiger partial charge is 0.343 e. The van der Waals surface area contributed by atoms with Crippen LogP contribution in [0.2, 0.25) is 0 Å². The van der Waals surface area contributed by atoms with E-state index in [1.54, 1.807) is 0 Å². The molecule has 0 aromatic rings. The average molecular weight is 184 g/mol. The Labute approximate surface area is 75.8 Å². The summed E-state index contributed by atoms with van der Waals surface area (Å²) >= 11 is 0. The highest BCUT2D eigenvalue weighted by atomic mass is 16.5. The highest BCUT2D eigenvalue weighted by molar-refractivity contribution is 6.20. The fourth-order valence-electron chi connectivity index (χ4n) is 1.39. The van der Waals surface area contributed by atoms with Gasteiger partial charge in [-0.1, -0.05) is 6.92 Å². The minimum absolute atomic E-state index is 0.0225. The van der Waals surface area contributed by atoms with Crippen molar-refractivity contribution in [1.29, 1.82) is 0 Å². The van der Waals surface area contributed by atoms with Crippen LogP contribution in [0.5, 0.6) is 0 Å². The van der Waals surface area contributed by atoms with E-state index < -0.39 is 5.91 Å². The summed E-state index contributed by atoms with van der Waals surface area (Å²) in [5, 5.41) is 11.3. The normalized spacial score (nSPS) is 21.8. The number of ketones is 1. The van der Waals surface area contributed by atoms with Crippen molar-refractivity contribution in [2.24, 2.45) is 0 Å². The Hall–Kier alpha value is -1.36. The Morgan fingerprint density at radius 1 is 1.69 bits per heavy atom. The standard InChI is InChI=1S/C8H12N2O3/c1-3-5-7(10-13)6(4(2)11)8(12)9-5/h5,10,13H,3H2,1-2H3,(H,9,12). The highest BCUT2D eigenvalue weighted by Crippen LogP contribution is 2.17. The summed E-state index contributed by atoms with van der Waals surface area (Å²) in [5.74, 6) is -0.763. The van der Waals surface area contributed by atoms with Gasteiger partial charge in [-0.05, 0) is 13.3 Å². The van der Waals surface area contributed by atoms with E-state index in [2.05, 4.69) is 5.32 Å². The number of hydrogen-bond acceptors (Lipinski definition) is 4. The average Bonchev–Trinajstić information content (AvgIpc) is 2.41. The van der Waals surface area contributed by atoms with E-state index >= 15 is 0 Å². The molecular formula is C8H12N2O3. The molecule has 0 aliphatic carbocycles. The van der Waals surface area contributed by atoms with Crippen LogP contribution in [0, 0.1) is 0 Å². The maximum atomic E-state index is 11.2. The molecule has 5 heteroatoms. The molecule has 1 aliphatic heterocycles. The van der Waals surface area contributed by atoms with E-state index in [0.29, 0.717) is 6.42 Å². The van der Waals surface area contributed by atoms with Gasteiger partial charge in [0.15, 0.2) is 5.78 Å². The molecule has 1 rings (SSSR count). The minimum atomic E-state index is -0.420. The molecule has 0 bridgehead atoms. The molecule has 5 nitrogen and oxygen atoms in total. The van der Waals surface area contributed by atoms with Crippen molar-refractivity contribution in [2.45, 2.75) is 26.3 Å². The van der Waals surface area contributed by atoms with Gasteiger partial charge in [-0.3, -0.25) is 20.3 Å². The first-order chi connectivity index (χ1) is 6.11. The number of amides is 1. The van der Waals surface area contributed by atoms with E-state index in [9.17, 15) is 9.59 Å². The lowest BCUT2D eigenvalue weighted by atomic mass is 10.1. The van der Waals surface area contributed by atoms with Crippen molar-refractivity contribution in [1.82, 2.24) is 10.8 Å². The molecule has 1 unspecified atom stereocenters. The van der Waals surface area contributed by atoms with Crippen molar-refractivity contribution >= 4 is 11.7 Å². The van der Waals surface area contributed by atoms with Crippen LogP contribution >= 0.6 is 0 Å². The van der Waals surface area contributed by atoms with Gasteiger partial charge in [-0.2, -0.15) is 0 Å². The van der Waals surface area contributed by atoms with Crippen LogP contribution in [-0.2, 0) is 9.59 Å². The maximum Gasteiger partial charge on any atom is 0.257 e. The van der Waals surface area contributed by atoms with Crippen molar-refractivity contribution in [3.05, 3.63) is 11.3 Å². The van der Waals surface area contributed by atoms with Gasteiger partial charge in [-0.25, -0.2) is 0 Å². The Morgan fingerprint density at radius 3 is 2.69 bits per heavy atom. The van der Waals surface area contributed by atoms with Crippen LogP contribution in [0.1, 0.15) is 20.3 Å². The second-order valence-electron chi connectivity index (χ2n) is 2.89. The Kier molecular flexibility index (Phi) is 2.67. The van der Waals surface area contributed by atoms with Crippen LogP contribution in [0.25, 0.3) is 0 Å². The summed E-state index contributed by atoms with van der Waals surface area (Å²) in [6.07, 6.45) is 0.630. The van der Waals surface area contributed by atoms with Gasteiger partial charge in [-0.15, -0.1) is 0 Å². The number of carbonyl (C=O) groups is 2. The van der Waals surface area contributed by atoms with Crippen LogP contribution in [0.15, 0.2) is 11.3 Å². The molecule has 1 aliphatic rings. The molecule has 0 aromatic carbocycles. The van der Waals surface area contributed by atoms with Gasteiger partial charge in [0.25, 0.3) is 5.91 Å². The summed E-state index contributed by atoms with van der Waals surface area (Å²) in [4.78, 5) is 22.2. The van der Waals surface area contributed by atoms with Crippen LogP contribution in [0.4, 0.5) is 0 Å². The molecule has 72 valence electrons. The third-order valence-electron chi connectivity index (χ3n) is 2.03. The van der Waals surface area contributed by atoms with Gasteiger partial charge in [0.1, 0.15) is 5.57 Å².